The number of phosphoric acid groups is 1. The van der Waals surface area contributed by atoms with Gasteiger partial charge < -0.3 is 20.5 Å². The van der Waals surface area contributed by atoms with E-state index in [9.17, 15) is 19.4 Å². The summed E-state index contributed by atoms with van der Waals surface area (Å²) in [6.07, 6.45) is 40.6. The predicted molar refractivity (Wildman–Crippen MR) is 192 cm³/mol. The van der Waals surface area contributed by atoms with Gasteiger partial charge in [-0.1, -0.05) is 153 Å². The Morgan fingerprint density at radius 3 is 1.54 bits per heavy atom. The van der Waals surface area contributed by atoms with Gasteiger partial charge in [0.05, 0.1) is 13.2 Å². The summed E-state index contributed by atoms with van der Waals surface area (Å²) in [6.45, 7) is 1.46. The molecule has 2 unspecified atom stereocenters. The van der Waals surface area contributed by atoms with Gasteiger partial charge in [0, 0.05) is 13.0 Å². The molecule has 8 nitrogen and oxygen atoms in total. The van der Waals surface area contributed by atoms with Crippen LogP contribution in [0, 0.1) is 0 Å². The van der Waals surface area contributed by atoms with E-state index < -0.39 is 20.5 Å². The van der Waals surface area contributed by atoms with E-state index in [1.165, 1.54) is 135 Å². The van der Waals surface area contributed by atoms with E-state index >= 15 is 0 Å². The highest BCUT2D eigenvalue weighted by molar-refractivity contribution is 7.47. The third kappa shape index (κ3) is 35.8. The van der Waals surface area contributed by atoms with Crippen LogP contribution in [0.5, 0.6) is 0 Å². The van der Waals surface area contributed by atoms with Crippen LogP contribution in [0.25, 0.3) is 0 Å². The number of aliphatic hydroxyl groups excluding tert-OH is 1. The number of ether oxygens (including phenoxy) is 1. The molecule has 0 aromatic rings. The quantitative estimate of drug-likeness (QED) is 0.0259. The van der Waals surface area contributed by atoms with Crippen molar-refractivity contribution in [3.05, 3.63) is 24.3 Å². The first-order valence-corrected chi connectivity index (χ1v) is 20.4. The molecule has 272 valence electrons. The molecule has 0 bridgehead atoms. The third-order valence-corrected chi connectivity index (χ3v) is 9.05. The zero-order valence-corrected chi connectivity index (χ0v) is 30.5. The third-order valence-electron chi connectivity index (χ3n) is 8.07. The molecule has 0 rings (SSSR count). The van der Waals surface area contributed by atoms with Gasteiger partial charge in [-0.05, 0) is 38.5 Å². The van der Waals surface area contributed by atoms with E-state index in [1.54, 1.807) is 0 Å². The average molecular weight is 674 g/mol. The average Bonchev–Trinajstić information content (AvgIpc) is 3.04. The number of hydrogen-bond donors (Lipinski definition) is 3. The topological polar surface area (TPSA) is 128 Å². The van der Waals surface area contributed by atoms with Crippen LogP contribution in [-0.2, 0) is 23.1 Å². The first-order valence-electron chi connectivity index (χ1n) is 18.9. The molecule has 46 heavy (non-hydrogen) atoms. The Labute approximate surface area is 282 Å². The van der Waals surface area contributed by atoms with Crippen LogP contribution in [-0.4, -0.2) is 48.4 Å². The molecule has 0 amide bonds. The molecule has 0 aliphatic carbocycles. The van der Waals surface area contributed by atoms with Gasteiger partial charge >= 0.3 is 13.8 Å². The summed E-state index contributed by atoms with van der Waals surface area (Å²) in [5, 5.41) is 9.75. The zero-order chi connectivity index (χ0) is 33.8. The number of esters is 1. The summed E-state index contributed by atoms with van der Waals surface area (Å²) in [5.41, 5.74) is 5.20. The fourth-order valence-corrected chi connectivity index (χ4v) is 6.02. The van der Waals surface area contributed by atoms with E-state index in [0.717, 1.165) is 25.7 Å². The number of carbonyl (C=O) groups is 1. The second-order valence-electron chi connectivity index (χ2n) is 12.7. The molecule has 9 heteroatoms. The number of phosphoric ester groups is 1. The molecule has 0 heterocycles. The highest BCUT2D eigenvalue weighted by Crippen LogP contribution is 2.42. The molecular formula is C37H72NO7P. The molecule has 0 saturated carbocycles. The number of carbonyl (C=O) groups excluding carboxylic acids is 1. The normalized spacial score (nSPS) is 13.9. The number of aliphatic hydroxyl groups is 1. The summed E-state index contributed by atoms with van der Waals surface area (Å²) in [5.74, 6) is -0.383. The molecule has 0 fully saturated rings. The van der Waals surface area contributed by atoms with Crippen LogP contribution >= 0.6 is 7.82 Å². The van der Waals surface area contributed by atoms with Crippen LogP contribution in [0.3, 0.4) is 0 Å². The lowest BCUT2D eigenvalue weighted by molar-refractivity contribution is -0.147. The van der Waals surface area contributed by atoms with Crippen molar-refractivity contribution in [2.45, 2.75) is 180 Å². The van der Waals surface area contributed by atoms with Crippen molar-refractivity contribution >= 4 is 13.8 Å². The van der Waals surface area contributed by atoms with Crippen LogP contribution < -0.4 is 5.73 Å². The van der Waals surface area contributed by atoms with Crippen molar-refractivity contribution in [3.8, 4) is 0 Å². The molecule has 0 aliphatic heterocycles. The lowest BCUT2D eigenvalue weighted by atomic mass is 10.0. The SMILES string of the molecule is CCCCCCC/C=C\C/C=C\CCCCCCCCCCCCCCCCCCCC(=O)OCC(O)COP(=O)(O)OCCN. The highest BCUT2D eigenvalue weighted by Gasteiger charge is 2.22. The smallest absolute Gasteiger partial charge is 0.463 e. The van der Waals surface area contributed by atoms with Crippen molar-refractivity contribution in [1.29, 1.82) is 0 Å². The van der Waals surface area contributed by atoms with Gasteiger partial charge in [-0.25, -0.2) is 4.57 Å². The van der Waals surface area contributed by atoms with Crippen molar-refractivity contribution < 1.29 is 33.1 Å². The van der Waals surface area contributed by atoms with E-state index in [1.807, 2.05) is 0 Å². The van der Waals surface area contributed by atoms with Gasteiger partial charge in [-0.2, -0.15) is 0 Å². The molecule has 2 atom stereocenters. The Kier molecular flexibility index (Phi) is 34.5. The molecule has 0 radical (unpaired) electrons. The minimum absolute atomic E-state index is 0.0752. The molecule has 0 aromatic carbocycles. The molecule has 0 saturated heterocycles. The predicted octanol–water partition coefficient (Wildman–Crippen LogP) is 10.3. The number of rotatable bonds is 36. The number of allylic oxidation sites excluding steroid dienone is 4. The molecule has 0 spiro atoms. The molecule has 4 N–H and O–H groups in total. The van der Waals surface area contributed by atoms with Crippen molar-refractivity contribution in [2.75, 3.05) is 26.4 Å². The number of nitrogens with two attached hydrogens (primary N) is 1. The maximum atomic E-state index is 11.8. The summed E-state index contributed by atoms with van der Waals surface area (Å²) < 4.78 is 25.7. The number of hydrogen-bond acceptors (Lipinski definition) is 7. The second kappa shape index (κ2) is 35.3. The highest BCUT2D eigenvalue weighted by atomic mass is 31.2. The van der Waals surface area contributed by atoms with Gasteiger partial charge in [0.15, 0.2) is 0 Å². The minimum atomic E-state index is -4.25. The summed E-state index contributed by atoms with van der Waals surface area (Å²) in [4.78, 5) is 21.2. The summed E-state index contributed by atoms with van der Waals surface area (Å²) in [7, 11) is -4.25. The van der Waals surface area contributed by atoms with Crippen LogP contribution in [0.2, 0.25) is 0 Å². The van der Waals surface area contributed by atoms with Crippen LogP contribution in [0.1, 0.15) is 174 Å². The van der Waals surface area contributed by atoms with E-state index in [2.05, 4.69) is 40.3 Å². The Hall–Kier alpha value is -1.02. The Bertz CT molecular complexity index is 762. The fraction of sp³-hybridized carbons (Fsp3) is 0.865. The second-order valence-corrected chi connectivity index (χ2v) is 14.1. The van der Waals surface area contributed by atoms with Gasteiger partial charge in [0.25, 0.3) is 0 Å². The van der Waals surface area contributed by atoms with Crippen LogP contribution in [0.15, 0.2) is 24.3 Å². The number of unbranched alkanes of at least 4 members (excludes halogenated alkanes) is 22. The van der Waals surface area contributed by atoms with Gasteiger partial charge in [-0.3, -0.25) is 13.8 Å². The van der Waals surface area contributed by atoms with Crippen molar-refractivity contribution in [1.82, 2.24) is 0 Å². The maximum Gasteiger partial charge on any atom is 0.472 e. The largest absolute Gasteiger partial charge is 0.472 e. The monoisotopic (exact) mass is 674 g/mol. The summed E-state index contributed by atoms with van der Waals surface area (Å²) >= 11 is 0. The Balaban J connectivity index is 3.32. The van der Waals surface area contributed by atoms with E-state index in [-0.39, 0.29) is 25.7 Å². The lowest BCUT2D eigenvalue weighted by Gasteiger charge is -2.15. The zero-order valence-electron chi connectivity index (χ0n) is 29.6. The Morgan fingerprint density at radius 2 is 1.09 bits per heavy atom. The van der Waals surface area contributed by atoms with Gasteiger partial charge in [0.1, 0.15) is 12.7 Å². The summed E-state index contributed by atoms with van der Waals surface area (Å²) in [6, 6.07) is 0. The first-order chi connectivity index (χ1) is 22.4. The van der Waals surface area contributed by atoms with Crippen molar-refractivity contribution in [3.63, 3.8) is 0 Å². The fourth-order valence-electron chi connectivity index (χ4n) is 5.25. The Morgan fingerprint density at radius 1 is 0.652 bits per heavy atom. The van der Waals surface area contributed by atoms with Gasteiger partial charge in [0.2, 0.25) is 0 Å². The van der Waals surface area contributed by atoms with Crippen LogP contribution in [0.4, 0.5) is 0 Å². The lowest BCUT2D eigenvalue weighted by Crippen LogP contribution is -2.23. The van der Waals surface area contributed by atoms with E-state index in [4.69, 9.17) is 10.5 Å². The first kappa shape index (κ1) is 45.0. The van der Waals surface area contributed by atoms with E-state index in [0.29, 0.717) is 6.42 Å². The minimum Gasteiger partial charge on any atom is -0.463 e. The molecule has 0 aromatic heterocycles. The van der Waals surface area contributed by atoms with Gasteiger partial charge in [-0.15, -0.1) is 0 Å². The standard InChI is InChI=1S/C37H72NO7P/c1-2-3-4-5-6-7-8-9-10-11-12-13-14-15-16-17-18-19-20-21-22-23-24-25-26-27-28-29-30-31-37(40)43-34-36(39)35-45-46(41,42)44-33-32-38/h8-9,11-12,36,39H,2-7,10,13-35,38H2,1H3,(H,41,42)/b9-8-,12-11-. The molecule has 0 aliphatic rings. The molecular weight excluding hydrogens is 601 g/mol. The maximum absolute atomic E-state index is 11.8. The van der Waals surface area contributed by atoms with Crippen molar-refractivity contribution in [2.24, 2.45) is 5.73 Å².